The van der Waals surface area contributed by atoms with Gasteiger partial charge in [-0.2, -0.15) is 0 Å². The van der Waals surface area contributed by atoms with Crippen molar-refractivity contribution in [1.29, 1.82) is 0 Å². The van der Waals surface area contributed by atoms with Gasteiger partial charge in [-0.05, 0) is 38.3 Å². The maximum Gasteiger partial charge on any atom is 0.0596 e. The van der Waals surface area contributed by atoms with Crippen molar-refractivity contribution in [3.63, 3.8) is 0 Å². The first-order chi connectivity index (χ1) is 8.69. The molecule has 1 aliphatic rings. The van der Waals surface area contributed by atoms with Crippen LogP contribution in [0.25, 0.3) is 0 Å². The Labute approximate surface area is 111 Å². The van der Waals surface area contributed by atoms with E-state index in [4.69, 9.17) is 0 Å². The van der Waals surface area contributed by atoms with E-state index < -0.39 is 0 Å². The number of hydrogen-bond acceptors (Lipinski definition) is 2. The number of hydrogen-bond donors (Lipinski definition) is 1. The summed E-state index contributed by atoms with van der Waals surface area (Å²) in [6.07, 6.45) is 3.01. The molecule has 1 fully saturated rings. The molecule has 1 heterocycles. The van der Waals surface area contributed by atoms with Crippen molar-refractivity contribution in [3.05, 3.63) is 35.4 Å². The van der Waals surface area contributed by atoms with Gasteiger partial charge < -0.3 is 10.0 Å². The third kappa shape index (κ3) is 3.56. The van der Waals surface area contributed by atoms with Crippen LogP contribution in [0.5, 0.6) is 0 Å². The van der Waals surface area contributed by atoms with Gasteiger partial charge in [-0.25, -0.2) is 0 Å². The Bertz CT molecular complexity index is 377. The minimum absolute atomic E-state index is 0.126. The minimum atomic E-state index is -0.126. The summed E-state index contributed by atoms with van der Waals surface area (Å²) in [4.78, 5) is 2.49. The average molecular weight is 247 g/mol. The normalized spacial score (nSPS) is 25.3. The first kappa shape index (κ1) is 13.6. The molecule has 2 heteroatoms. The second-order valence-corrected chi connectivity index (χ2v) is 5.61. The molecule has 0 saturated carbocycles. The molecule has 2 unspecified atom stereocenters. The van der Waals surface area contributed by atoms with Crippen molar-refractivity contribution in [2.24, 2.45) is 5.92 Å². The monoisotopic (exact) mass is 247 g/mol. The Morgan fingerprint density at radius 1 is 1.39 bits per heavy atom. The predicted molar refractivity (Wildman–Crippen MR) is 75.7 cm³/mol. The molecule has 0 amide bonds. The van der Waals surface area contributed by atoms with Crippen LogP contribution >= 0.6 is 0 Å². The highest BCUT2D eigenvalue weighted by Crippen LogP contribution is 2.22. The Kier molecular flexibility index (Phi) is 4.79. The Morgan fingerprint density at radius 3 is 2.94 bits per heavy atom. The van der Waals surface area contributed by atoms with Crippen LogP contribution in [0.2, 0.25) is 0 Å². The van der Waals surface area contributed by atoms with Crippen molar-refractivity contribution in [3.8, 4) is 0 Å². The van der Waals surface area contributed by atoms with E-state index >= 15 is 0 Å². The maximum absolute atomic E-state index is 10.2. The fraction of sp³-hybridized carbons (Fsp3) is 0.625. The van der Waals surface area contributed by atoms with Gasteiger partial charge in [0.1, 0.15) is 0 Å². The molecule has 100 valence electrons. The summed E-state index contributed by atoms with van der Waals surface area (Å²) in [7, 11) is 0. The van der Waals surface area contributed by atoms with Crippen LogP contribution in [-0.2, 0) is 6.42 Å². The predicted octanol–water partition coefficient (Wildman–Crippen LogP) is 2.63. The van der Waals surface area contributed by atoms with Crippen LogP contribution < -0.4 is 0 Å². The Balaban J connectivity index is 1.98. The first-order valence-corrected chi connectivity index (χ1v) is 7.15. The summed E-state index contributed by atoms with van der Waals surface area (Å²) in [5.41, 5.74) is 2.67. The van der Waals surface area contributed by atoms with E-state index in [1.807, 2.05) is 0 Å². The SMILES string of the molecule is CCCN1CCC(O)C(Cc2cccc(C)c2)C1. The van der Waals surface area contributed by atoms with Crippen LogP contribution in [-0.4, -0.2) is 35.7 Å². The van der Waals surface area contributed by atoms with Gasteiger partial charge >= 0.3 is 0 Å². The zero-order chi connectivity index (χ0) is 13.0. The molecule has 1 N–H and O–H groups in total. The van der Waals surface area contributed by atoms with Gasteiger partial charge in [0.2, 0.25) is 0 Å². The molecule has 0 radical (unpaired) electrons. The van der Waals surface area contributed by atoms with Gasteiger partial charge in [0.05, 0.1) is 6.10 Å². The van der Waals surface area contributed by atoms with Gasteiger partial charge in [0, 0.05) is 19.0 Å². The highest BCUT2D eigenvalue weighted by molar-refractivity contribution is 5.22. The molecule has 2 rings (SSSR count). The van der Waals surface area contributed by atoms with Crippen molar-refractivity contribution >= 4 is 0 Å². The number of likely N-dealkylation sites (tertiary alicyclic amines) is 1. The molecule has 1 aliphatic heterocycles. The van der Waals surface area contributed by atoms with Crippen LogP contribution in [0.4, 0.5) is 0 Å². The number of aliphatic hydroxyl groups is 1. The summed E-state index contributed by atoms with van der Waals surface area (Å²) >= 11 is 0. The smallest absolute Gasteiger partial charge is 0.0596 e. The second kappa shape index (κ2) is 6.35. The molecule has 1 aromatic rings. The second-order valence-electron chi connectivity index (χ2n) is 5.61. The molecular formula is C16H25NO. The van der Waals surface area contributed by atoms with E-state index in [-0.39, 0.29) is 6.10 Å². The molecule has 1 saturated heterocycles. The minimum Gasteiger partial charge on any atom is -0.393 e. The lowest BCUT2D eigenvalue weighted by atomic mass is 9.88. The number of nitrogens with zero attached hydrogens (tertiary/aromatic N) is 1. The quantitative estimate of drug-likeness (QED) is 0.884. The summed E-state index contributed by atoms with van der Waals surface area (Å²) < 4.78 is 0. The van der Waals surface area contributed by atoms with E-state index in [1.54, 1.807) is 0 Å². The topological polar surface area (TPSA) is 23.5 Å². The van der Waals surface area contributed by atoms with E-state index in [2.05, 4.69) is 43.0 Å². The highest BCUT2D eigenvalue weighted by atomic mass is 16.3. The van der Waals surface area contributed by atoms with Gasteiger partial charge in [-0.3, -0.25) is 0 Å². The standard InChI is InChI=1S/C16H25NO/c1-3-8-17-9-7-16(18)15(12-17)11-14-6-4-5-13(2)10-14/h4-6,10,15-16,18H,3,7-9,11-12H2,1-2H3. The molecule has 0 bridgehead atoms. The lowest BCUT2D eigenvalue weighted by Gasteiger charge is -2.36. The molecular weight excluding hydrogens is 222 g/mol. The maximum atomic E-state index is 10.2. The van der Waals surface area contributed by atoms with Crippen LogP contribution in [0, 0.1) is 12.8 Å². The summed E-state index contributed by atoms with van der Waals surface area (Å²) in [6.45, 7) is 7.62. The number of aryl methyl sites for hydroxylation is 1. The van der Waals surface area contributed by atoms with E-state index in [0.717, 1.165) is 32.5 Å². The third-order valence-electron chi connectivity index (χ3n) is 3.90. The van der Waals surface area contributed by atoms with Crippen LogP contribution in [0.15, 0.2) is 24.3 Å². The summed E-state index contributed by atoms with van der Waals surface area (Å²) in [5, 5.41) is 10.2. The molecule has 2 atom stereocenters. The number of benzene rings is 1. The van der Waals surface area contributed by atoms with Crippen molar-refractivity contribution in [2.45, 2.75) is 39.2 Å². The molecule has 1 aromatic carbocycles. The number of rotatable bonds is 4. The van der Waals surface area contributed by atoms with Gasteiger partial charge in [0.25, 0.3) is 0 Å². The Hall–Kier alpha value is -0.860. The van der Waals surface area contributed by atoms with Crippen LogP contribution in [0.3, 0.4) is 0 Å². The van der Waals surface area contributed by atoms with Crippen molar-refractivity contribution in [2.75, 3.05) is 19.6 Å². The third-order valence-corrected chi connectivity index (χ3v) is 3.90. The molecule has 0 spiro atoms. The lowest BCUT2D eigenvalue weighted by Crippen LogP contribution is -2.44. The Morgan fingerprint density at radius 2 is 2.22 bits per heavy atom. The van der Waals surface area contributed by atoms with E-state index in [1.165, 1.54) is 17.5 Å². The van der Waals surface area contributed by atoms with E-state index in [0.29, 0.717) is 5.92 Å². The van der Waals surface area contributed by atoms with Crippen molar-refractivity contribution in [1.82, 2.24) is 4.90 Å². The van der Waals surface area contributed by atoms with Gasteiger partial charge in [0.15, 0.2) is 0 Å². The zero-order valence-electron chi connectivity index (χ0n) is 11.6. The van der Waals surface area contributed by atoms with E-state index in [9.17, 15) is 5.11 Å². The highest BCUT2D eigenvalue weighted by Gasteiger charge is 2.27. The molecule has 0 aromatic heterocycles. The molecule has 2 nitrogen and oxygen atoms in total. The number of aliphatic hydroxyl groups excluding tert-OH is 1. The molecule has 18 heavy (non-hydrogen) atoms. The van der Waals surface area contributed by atoms with Gasteiger partial charge in [-0.15, -0.1) is 0 Å². The fourth-order valence-corrected chi connectivity index (χ4v) is 2.96. The zero-order valence-corrected chi connectivity index (χ0v) is 11.6. The van der Waals surface area contributed by atoms with Gasteiger partial charge in [-0.1, -0.05) is 36.8 Å². The van der Waals surface area contributed by atoms with Crippen molar-refractivity contribution < 1.29 is 5.11 Å². The lowest BCUT2D eigenvalue weighted by molar-refractivity contribution is 0.0270. The molecule has 0 aliphatic carbocycles. The van der Waals surface area contributed by atoms with Crippen LogP contribution in [0.1, 0.15) is 30.9 Å². The summed E-state index contributed by atoms with van der Waals surface area (Å²) in [5.74, 6) is 0.395. The number of piperidine rings is 1. The summed E-state index contributed by atoms with van der Waals surface area (Å²) in [6, 6.07) is 8.66. The fourth-order valence-electron chi connectivity index (χ4n) is 2.96. The first-order valence-electron chi connectivity index (χ1n) is 7.15. The largest absolute Gasteiger partial charge is 0.393 e. The average Bonchev–Trinajstić information content (AvgIpc) is 2.34.